The minimum atomic E-state index is -0.201. The number of carbonyl (C=O) groups is 2. The number of likely N-dealkylation sites (tertiary alicyclic amines) is 1. The summed E-state index contributed by atoms with van der Waals surface area (Å²) in [4.78, 5) is 32.0. The Morgan fingerprint density at radius 3 is 2.47 bits per heavy atom. The van der Waals surface area contributed by atoms with E-state index in [4.69, 9.17) is 19.5 Å². The van der Waals surface area contributed by atoms with Crippen LogP contribution in [-0.2, 0) is 23.9 Å². The lowest BCUT2D eigenvalue weighted by atomic mass is 9.47. The molecule has 0 bridgehead atoms. The highest BCUT2D eigenvalue weighted by molar-refractivity contribution is 5.99. The minimum absolute atomic E-state index is 0.0174. The van der Waals surface area contributed by atoms with E-state index in [1.165, 1.54) is 32.3 Å². The summed E-state index contributed by atoms with van der Waals surface area (Å²) < 4.78 is 11.5. The number of esters is 2. The van der Waals surface area contributed by atoms with E-state index >= 15 is 0 Å². The van der Waals surface area contributed by atoms with Gasteiger partial charge in [-0.15, -0.1) is 0 Å². The van der Waals surface area contributed by atoms with Crippen LogP contribution in [0.3, 0.4) is 0 Å². The highest BCUT2D eigenvalue weighted by Crippen LogP contribution is 2.64. The lowest BCUT2D eigenvalue weighted by molar-refractivity contribution is -0.155. The number of hydrogen-bond acceptors (Lipinski definition) is 7. The van der Waals surface area contributed by atoms with Crippen LogP contribution in [0.25, 0.3) is 0 Å². The first kappa shape index (κ1) is 25.7. The summed E-state index contributed by atoms with van der Waals surface area (Å²) in [5.74, 6) is 0.820. The summed E-state index contributed by atoms with van der Waals surface area (Å²) in [7, 11) is 0. The van der Waals surface area contributed by atoms with E-state index < -0.39 is 0 Å². The molecule has 4 fully saturated rings. The summed E-state index contributed by atoms with van der Waals surface area (Å²) in [6.07, 6.45) is 11.6. The van der Waals surface area contributed by atoms with Crippen molar-refractivity contribution >= 4 is 17.7 Å². The molecule has 1 aliphatic heterocycles. The molecule has 0 spiro atoms. The van der Waals surface area contributed by atoms with Gasteiger partial charge in [0, 0.05) is 38.1 Å². The highest BCUT2D eigenvalue weighted by atomic mass is 16.6. The first-order chi connectivity index (χ1) is 17.2. The molecule has 7 nitrogen and oxygen atoms in total. The minimum Gasteiger partial charge on any atom is -0.462 e. The van der Waals surface area contributed by atoms with E-state index in [1.54, 1.807) is 0 Å². The normalized spacial score (nSPS) is 41.2. The quantitative estimate of drug-likeness (QED) is 0.294. The van der Waals surface area contributed by atoms with Crippen molar-refractivity contribution in [3.63, 3.8) is 0 Å². The number of nitrogens with zero attached hydrogens (tertiary/aromatic N) is 2. The number of fused-ring (bicyclic) bond motifs is 5. The Labute approximate surface area is 216 Å². The summed E-state index contributed by atoms with van der Waals surface area (Å²) in [6, 6.07) is 0. The zero-order valence-corrected chi connectivity index (χ0v) is 22.6. The maximum atomic E-state index is 11.9. The van der Waals surface area contributed by atoms with Gasteiger partial charge in [0.1, 0.15) is 18.8 Å². The highest BCUT2D eigenvalue weighted by Gasteiger charge is 2.61. The van der Waals surface area contributed by atoms with Gasteiger partial charge in [-0.2, -0.15) is 0 Å². The van der Waals surface area contributed by atoms with Crippen molar-refractivity contribution in [1.82, 2.24) is 4.90 Å². The van der Waals surface area contributed by atoms with Gasteiger partial charge in [-0.1, -0.05) is 24.6 Å². The molecule has 0 amide bonds. The molecule has 1 heterocycles. The van der Waals surface area contributed by atoms with Gasteiger partial charge in [0.25, 0.3) is 0 Å². The fraction of sp³-hybridized carbons (Fsp3) is 0.828. The zero-order chi connectivity index (χ0) is 25.5. The monoisotopic (exact) mass is 500 g/mol. The van der Waals surface area contributed by atoms with E-state index in [0.29, 0.717) is 24.4 Å². The van der Waals surface area contributed by atoms with Crippen molar-refractivity contribution in [2.24, 2.45) is 33.7 Å². The number of oxime groups is 1. The average Bonchev–Trinajstić information content (AvgIpc) is 3.44. The molecular weight excluding hydrogens is 456 g/mol. The van der Waals surface area contributed by atoms with Gasteiger partial charge in [-0.3, -0.25) is 14.5 Å². The van der Waals surface area contributed by atoms with Crippen LogP contribution in [0, 0.1) is 28.6 Å². The lowest BCUT2D eigenvalue weighted by Crippen LogP contribution is -2.54. The Balaban J connectivity index is 1.43. The Kier molecular flexibility index (Phi) is 7.23. The smallest absolute Gasteiger partial charge is 0.302 e. The second kappa shape index (κ2) is 10.1. The van der Waals surface area contributed by atoms with Crippen LogP contribution in [0.2, 0.25) is 0 Å². The average molecular weight is 501 g/mol. The molecule has 0 aromatic carbocycles. The number of ether oxygens (including phenoxy) is 2. The number of carbonyl (C=O) groups excluding carboxylic acids is 2. The van der Waals surface area contributed by atoms with Crippen molar-refractivity contribution in [3.05, 3.63) is 11.6 Å². The second-order valence-corrected chi connectivity index (χ2v) is 12.4. The van der Waals surface area contributed by atoms with Crippen LogP contribution in [0.1, 0.15) is 85.5 Å². The molecule has 200 valence electrons. The first-order valence-corrected chi connectivity index (χ1v) is 14.2. The van der Waals surface area contributed by atoms with Gasteiger partial charge in [-0.05, 0) is 87.8 Å². The van der Waals surface area contributed by atoms with Crippen molar-refractivity contribution in [2.45, 2.75) is 97.7 Å². The molecular formula is C29H44N2O5. The van der Waals surface area contributed by atoms with Crippen LogP contribution in [0.5, 0.6) is 0 Å². The Bertz CT molecular complexity index is 925. The molecule has 0 N–H and O–H groups in total. The SMILES string of the molecule is CC(=O)O[C@H]1CC[C@@]2(C)C(=C/C(=N/OCCN3CCCC3)[C@H]3[C@@H]4CC[C@H](OC(C)=O)[C@@]4(C)CC[C@@H]32)C1. The third kappa shape index (κ3) is 4.72. The maximum absolute atomic E-state index is 11.9. The molecule has 0 aromatic heterocycles. The Hall–Kier alpha value is -1.89. The molecule has 5 rings (SSSR count). The third-order valence-electron chi connectivity index (χ3n) is 10.3. The van der Waals surface area contributed by atoms with Gasteiger partial charge in [0.05, 0.1) is 5.71 Å². The molecule has 7 atom stereocenters. The van der Waals surface area contributed by atoms with Gasteiger partial charge >= 0.3 is 11.9 Å². The molecule has 0 radical (unpaired) electrons. The Morgan fingerprint density at radius 1 is 1.00 bits per heavy atom. The fourth-order valence-electron chi connectivity index (χ4n) is 8.46. The van der Waals surface area contributed by atoms with Gasteiger partial charge in [0.15, 0.2) is 0 Å². The second-order valence-electron chi connectivity index (χ2n) is 12.4. The van der Waals surface area contributed by atoms with E-state index in [-0.39, 0.29) is 35.0 Å². The van der Waals surface area contributed by atoms with Crippen LogP contribution < -0.4 is 0 Å². The fourth-order valence-corrected chi connectivity index (χ4v) is 8.46. The third-order valence-corrected chi connectivity index (χ3v) is 10.3. The standard InChI is InChI=1S/C29H44N2O5/c1-19(32)35-22-9-11-28(3)21(17-22)18-25(30-34-16-15-31-13-5-6-14-31)27-23-7-8-26(36-20(2)33)29(23,4)12-10-24(27)28/h18,22-24,26-27H,5-17H2,1-4H3/b30-25-/t22-,23-,24-,26-,27-,28-,29-/m0/s1. The van der Waals surface area contributed by atoms with Gasteiger partial charge < -0.3 is 14.3 Å². The van der Waals surface area contributed by atoms with Crippen LogP contribution in [0.4, 0.5) is 0 Å². The van der Waals surface area contributed by atoms with E-state index in [2.05, 4.69) is 24.8 Å². The summed E-state index contributed by atoms with van der Waals surface area (Å²) in [6.45, 7) is 11.6. The largest absolute Gasteiger partial charge is 0.462 e. The molecule has 3 saturated carbocycles. The van der Waals surface area contributed by atoms with Crippen molar-refractivity contribution in [1.29, 1.82) is 0 Å². The van der Waals surface area contributed by atoms with E-state index in [0.717, 1.165) is 70.3 Å². The van der Waals surface area contributed by atoms with Crippen LogP contribution >= 0.6 is 0 Å². The molecule has 5 aliphatic rings. The van der Waals surface area contributed by atoms with Gasteiger partial charge in [0.2, 0.25) is 0 Å². The van der Waals surface area contributed by atoms with Crippen LogP contribution in [0.15, 0.2) is 16.8 Å². The summed E-state index contributed by atoms with van der Waals surface area (Å²) >= 11 is 0. The summed E-state index contributed by atoms with van der Waals surface area (Å²) in [5, 5.41) is 4.81. The molecule has 1 saturated heterocycles. The predicted octanol–water partition coefficient (Wildman–Crippen LogP) is 4.89. The molecule has 0 aromatic rings. The van der Waals surface area contributed by atoms with E-state index in [1.807, 2.05) is 0 Å². The maximum Gasteiger partial charge on any atom is 0.302 e. The molecule has 4 aliphatic carbocycles. The topological polar surface area (TPSA) is 77.4 Å². The molecule has 36 heavy (non-hydrogen) atoms. The van der Waals surface area contributed by atoms with Crippen molar-refractivity contribution < 1.29 is 23.9 Å². The Morgan fingerprint density at radius 2 is 1.75 bits per heavy atom. The number of hydrogen-bond donors (Lipinski definition) is 0. The molecule has 7 heteroatoms. The number of allylic oxidation sites excluding steroid dienone is 1. The molecule has 0 unspecified atom stereocenters. The van der Waals surface area contributed by atoms with E-state index in [9.17, 15) is 9.59 Å². The predicted molar refractivity (Wildman–Crippen MR) is 137 cm³/mol. The zero-order valence-electron chi connectivity index (χ0n) is 22.6. The van der Waals surface area contributed by atoms with Crippen molar-refractivity contribution in [3.8, 4) is 0 Å². The van der Waals surface area contributed by atoms with Crippen molar-refractivity contribution in [2.75, 3.05) is 26.2 Å². The lowest BCUT2D eigenvalue weighted by Gasteiger charge is -2.57. The first-order valence-electron chi connectivity index (χ1n) is 14.2. The van der Waals surface area contributed by atoms with Crippen LogP contribution in [-0.4, -0.2) is 61.0 Å². The van der Waals surface area contributed by atoms with Gasteiger partial charge in [-0.25, -0.2) is 0 Å². The summed E-state index contributed by atoms with van der Waals surface area (Å²) in [5.41, 5.74) is 2.47. The number of rotatable bonds is 6.